The van der Waals surface area contributed by atoms with Crippen LogP contribution in [0.3, 0.4) is 0 Å². The van der Waals surface area contributed by atoms with E-state index in [9.17, 15) is 14.4 Å². The van der Waals surface area contributed by atoms with Gasteiger partial charge in [0.05, 0.1) is 5.92 Å². The molecule has 0 saturated carbocycles. The van der Waals surface area contributed by atoms with Crippen molar-refractivity contribution in [3.63, 3.8) is 0 Å². The number of amides is 2. The number of Topliss-reactive ketones (excluding diaryl/α,β-unsaturated/α-hetero) is 1. The fraction of sp³-hybridized carbons (Fsp3) is 0.529. The second-order valence-corrected chi connectivity index (χ2v) is 6.77. The van der Waals surface area contributed by atoms with Gasteiger partial charge in [0.25, 0.3) is 0 Å². The predicted molar refractivity (Wildman–Crippen MR) is 88.5 cm³/mol. The lowest BCUT2D eigenvalue weighted by Gasteiger charge is -2.19. The number of anilines is 1. The summed E-state index contributed by atoms with van der Waals surface area (Å²) >= 11 is 0. The van der Waals surface area contributed by atoms with Gasteiger partial charge in [-0.05, 0) is 51.3 Å². The number of rotatable bonds is 5. The zero-order valence-electron chi connectivity index (χ0n) is 14.2. The minimum absolute atomic E-state index is 0.0523. The summed E-state index contributed by atoms with van der Waals surface area (Å²) in [6.07, 6.45) is 2.34. The van der Waals surface area contributed by atoms with E-state index in [1.165, 1.54) is 0 Å². The van der Waals surface area contributed by atoms with Crippen molar-refractivity contribution in [3.05, 3.63) is 23.9 Å². The van der Waals surface area contributed by atoms with Crippen LogP contribution in [-0.2, 0) is 20.7 Å². The lowest BCUT2D eigenvalue weighted by Crippen LogP contribution is -2.27. The Bertz CT molecular complexity index is 637. The van der Waals surface area contributed by atoms with Gasteiger partial charge < -0.3 is 10.1 Å². The Morgan fingerprint density at radius 1 is 1.42 bits per heavy atom. The summed E-state index contributed by atoms with van der Waals surface area (Å²) < 4.78 is 5.17. The Hall–Kier alpha value is -2.44. The highest BCUT2D eigenvalue weighted by Gasteiger charge is 2.30. The molecule has 0 radical (unpaired) electrons. The highest BCUT2D eigenvalue weighted by molar-refractivity contribution is 6.02. The third-order valence-electron chi connectivity index (χ3n) is 3.55. The van der Waals surface area contributed by atoms with E-state index < -0.39 is 17.6 Å². The van der Waals surface area contributed by atoms with Crippen molar-refractivity contribution in [2.75, 3.05) is 11.9 Å². The third-order valence-corrected chi connectivity index (χ3v) is 3.55. The Balaban J connectivity index is 1.89. The van der Waals surface area contributed by atoms with Gasteiger partial charge in [0, 0.05) is 19.2 Å². The molecule has 1 aliphatic rings. The van der Waals surface area contributed by atoms with Crippen LogP contribution in [0.4, 0.5) is 10.6 Å². The number of nitrogens with one attached hydrogen (secondary N) is 2. The molecule has 24 heavy (non-hydrogen) atoms. The van der Waals surface area contributed by atoms with Gasteiger partial charge in [-0.2, -0.15) is 0 Å². The van der Waals surface area contributed by atoms with Crippen molar-refractivity contribution in [2.45, 2.75) is 45.6 Å². The van der Waals surface area contributed by atoms with Crippen LogP contribution in [0.5, 0.6) is 0 Å². The number of hydrogen-bond donors (Lipinski definition) is 2. The average Bonchev–Trinajstić information content (AvgIpc) is 2.89. The van der Waals surface area contributed by atoms with Crippen molar-refractivity contribution < 1.29 is 19.1 Å². The van der Waals surface area contributed by atoms with Crippen LogP contribution in [-0.4, -0.2) is 34.9 Å². The lowest BCUT2D eigenvalue weighted by atomic mass is 9.97. The molecule has 1 fully saturated rings. The van der Waals surface area contributed by atoms with E-state index in [2.05, 4.69) is 15.6 Å². The van der Waals surface area contributed by atoms with E-state index in [0.717, 1.165) is 5.56 Å². The Kier molecular flexibility index (Phi) is 5.54. The Morgan fingerprint density at radius 3 is 2.79 bits per heavy atom. The first kappa shape index (κ1) is 17.9. The number of carbonyl (C=O) groups excluding carboxylic acids is 3. The number of nitrogens with zero attached hydrogens (tertiary/aromatic N) is 1. The van der Waals surface area contributed by atoms with Crippen LogP contribution in [0.15, 0.2) is 18.3 Å². The molecule has 1 aromatic rings. The Morgan fingerprint density at radius 2 is 2.17 bits per heavy atom. The number of aryl methyl sites for hydroxylation is 1. The van der Waals surface area contributed by atoms with E-state index in [1.807, 2.05) is 0 Å². The van der Waals surface area contributed by atoms with Crippen LogP contribution < -0.4 is 10.6 Å². The normalized spacial score (nSPS) is 17.3. The van der Waals surface area contributed by atoms with Crippen LogP contribution in [0.2, 0.25) is 0 Å². The molecule has 2 rings (SSSR count). The summed E-state index contributed by atoms with van der Waals surface area (Å²) in [6, 6.07) is 3.48. The summed E-state index contributed by atoms with van der Waals surface area (Å²) in [5, 5.41) is 5.23. The first-order valence-corrected chi connectivity index (χ1v) is 8.00. The first-order valence-electron chi connectivity index (χ1n) is 8.00. The molecule has 1 atom stereocenters. The third kappa shape index (κ3) is 5.33. The molecule has 2 amide bonds. The average molecular weight is 333 g/mol. The molecule has 0 bridgehead atoms. The topological polar surface area (TPSA) is 97.4 Å². The zero-order valence-corrected chi connectivity index (χ0v) is 14.2. The van der Waals surface area contributed by atoms with E-state index in [-0.39, 0.29) is 18.1 Å². The largest absolute Gasteiger partial charge is 0.444 e. The highest BCUT2D eigenvalue weighted by atomic mass is 16.6. The molecule has 2 N–H and O–H groups in total. The van der Waals surface area contributed by atoms with Gasteiger partial charge >= 0.3 is 6.09 Å². The van der Waals surface area contributed by atoms with Crippen molar-refractivity contribution in [3.8, 4) is 0 Å². The molecule has 7 heteroatoms. The molecule has 0 aromatic carbocycles. The van der Waals surface area contributed by atoms with Crippen LogP contribution >= 0.6 is 0 Å². The van der Waals surface area contributed by atoms with Crippen molar-refractivity contribution in [1.82, 2.24) is 10.3 Å². The lowest BCUT2D eigenvalue weighted by molar-refractivity contribution is -0.131. The van der Waals surface area contributed by atoms with Crippen molar-refractivity contribution in [1.29, 1.82) is 0 Å². The van der Waals surface area contributed by atoms with Crippen LogP contribution in [0, 0.1) is 5.92 Å². The highest BCUT2D eigenvalue weighted by Crippen LogP contribution is 2.16. The van der Waals surface area contributed by atoms with E-state index >= 15 is 0 Å². The molecular weight excluding hydrogens is 310 g/mol. The predicted octanol–water partition coefficient (Wildman–Crippen LogP) is 2.07. The zero-order chi connectivity index (χ0) is 17.7. The second kappa shape index (κ2) is 7.42. The molecule has 0 spiro atoms. The maximum absolute atomic E-state index is 12.1. The van der Waals surface area contributed by atoms with E-state index in [4.69, 9.17) is 4.74 Å². The summed E-state index contributed by atoms with van der Waals surface area (Å²) in [5.41, 5.74) is 0.276. The van der Waals surface area contributed by atoms with Gasteiger partial charge in [-0.15, -0.1) is 0 Å². The summed E-state index contributed by atoms with van der Waals surface area (Å²) in [7, 11) is 0. The van der Waals surface area contributed by atoms with Gasteiger partial charge in [0.15, 0.2) is 0 Å². The van der Waals surface area contributed by atoms with Gasteiger partial charge in [0.1, 0.15) is 17.2 Å². The first-order chi connectivity index (χ1) is 11.2. The number of hydrogen-bond acceptors (Lipinski definition) is 5. The van der Waals surface area contributed by atoms with Gasteiger partial charge in [-0.1, -0.05) is 0 Å². The molecule has 130 valence electrons. The molecule has 7 nitrogen and oxygen atoms in total. The number of ketones is 1. The smallest absolute Gasteiger partial charge is 0.413 e. The number of pyridine rings is 1. The van der Waals surface area contributed by atoms with E-state index in [0.29, 0.717) is 25.2 Å². The quantitative estimate of drug-likeness (QED) is 0.804. The molecule has 1 aliphatic heterocycles. The van der Waals surface area contributed by atoms with E-state index in [1.54, 1.807) is 39.1 Å². The fourth-order valence-corrected chi connectivity index (χ4v) is 2.45. The van der Waals surface area contributed by atoms with Gasteiger partial charge in [-0.25, -0.2) is 9.78 Å². The number of aromatic nitrogens is 1. The monoisotopic (exact) mass is 333 g/mol. The molecule has 0 aliphatic carbocycles. The summed E-state index contributed by atoms with van der Waals surface area (Å²) in [4.78, 5) is 39.4. The Labute approximate surface area is 141 Å². The van der Waals surface area contributed by atoms with Gasteiger partial charge in [0.2, 0.25) is 5.91 Å². The van der Waals surface area contributed by atoms with Crippen molar-refractivity contribution >= 4 is 23.6 Å². The minimum Gasteiger partial charge on any atom is -0.444 e. The molecule has 1 saturated heterocycles. The minimum atomic E-state index is -0.587. The van der Waals surface area contributed by atoms with Crippen LogP contribution in [0.25, 0.3) is 0 Å². The SMILES string of the molecule is CC(C)(C)OC(=O)Nc1cc(CCC(=O)C2CCNC2=O)ccn1. The maximum Gasteiger partial charge on any atom is 0.413 e. The molecule has 2 heterocycles. The summed E-state index contributed by atoms with van der Waals surface area (Å²) in [6.45, 7) is 5.90. The standard InChI is InChI=1S/C17H23N3O4/c1-17(2,3)24-16(23)20-14-10-11(6-8-18-14)4-5-13(21)12-7-9-19-15(12)22/h6,8,10,12H,4-5,7,9H2,1-3H3,(H,19,22)(H,18,20,23). The fourth-order valence-electron chi connectivity index (χ4n) is 2.45. The number of ether oxygens (including phenoxy) is 1. The second-order valence-electron chi connectivity index (χ2n) is 6.77. The number of carbonyl (C=O) groups is 3. The maximum atomic E-state index is 12.1. The molecular formula is C17H23N3O4. The van der Waals surface area contributed by atoms with Crippen LogP contribution in [0.1, 0.15) is 39.2 Å². The van der Waals surface area contributed by atoms with Gasteiger partial charge in [-0.3, -0.25) is 14.9 Å². The molecule has 1 aromatic heterocycles. The molecule has 1 unspecified atom stereocenters. The summed E-state index contributed by atoms with van der Waals surface area (Å²) in [5.74, 6) is -0.385. The van der Waals surface area contributed by atoms with Crippen molar-refractivity contribution in [2.24, 2.45) is 5.92 Å².